The van der Waals surface area contributed by atoms with Gasteiger partial charge in [-0.25, -0.2) is 4.98 Å². The van der Waals surface area contributed by atoms with Crippen molar-refractivity contribution in [2.24, 2.45) is 5.92 Å². The molecule has 116 valence electrons. The van der Waals surface area contributed by atoms with Crippen LogP contribution in [0.25, 0.3) is 0 Å². The second-order valence-electron chi connectivity index (χ2n) is 5.90. The minimum Gasteiger partial charge on any atom is -0.383 e. The van der Waals surface area contributed by atoms with Gasteiger partial charge in [-0.15, -0.1) is 11.3 Å². The molecule has 1 aromatic heterocycles. The molecule has 4 nitrogen and oxygen atoms in total. The van der Waals surface area contributed by atoms with Crippen LogP contribution in [0.4, 0.5) is 5.13 Å². The Labute approximate surface area is 127 Å². The van der Waals surface area contributed by atoms with E-state index in [2.05, 4.69) is 45.0 Å². The van der Waals surface area contributed by atoms with Gasteiger partial charge in [0.2, 0.25) is 0 Å². The van der Waals surface area contributed by atoms with E-state index in [4.69, 9.17) is 9.72 Å². The molecule has 20 heavy (non-hydrogen) atoms. The molecule has 0 aliphatic heterocycles. The van der Waals surface area contributed by atoms with Gasteiger partial charge in [-0.3, -0.25) is 0 Å². The maximum Gasteiger partial charge on any atom is 0.185 e. The molecule has 0 fully saturated rings. The molecule has 0 amide bonds. The lowest BCUT2D eigenvalue weighted by atomic mass is 10.1. The van der Waals surface area contributed by atoms with Crippen LogP contribution in [0.1, 0.15) is 44.2 Å². The molecular weight excluding hydrogens is 270 g/mol. The Morgan fingerprint density at radius 1 is 1.30 bits per heavy atom. The lowest BCUT2D eigenvalue weighted by Crippen LogP contribution is -2.21. The highest BCUT2D eigenvalue weighted by atomic mass is 32.1. The van der Waals surface area contributed by atoms with Gasteiger partial charge >= 0.3 is 0 Å². The van der Waals surface area contributed by atoms with Crippen molar-refractivity contribution in [1.29, 1.82) is 0 Å². The molecule has 0 atom stereocenters. The second-order valence-corrected chi connectivity index (χ2v) is 6.96. The zero-order valence-corrected chi connectivity index (χ0v) is 14.5. The number of anilines is 1. The predicted molar refractivity (Wildman–Crippen MR) is 87.9 cm³/mol. The highest BCUT2D eigenvalue weighted by molar-refractivity contribution is 7.15. The van der Waals surface area contributed by atoms with Gasteiger partial charge in [0.25, 0.3) is 0 Å². The number of aromatic nitrogens is 1. The average molecular weight is 299 g/mol. The molecule has 0 aliphatic rings. The first-order chi connectivity index (χ1) is 9.45. The molecule has 0 bridgehead atoms. The largest absolute Gasteiger partial charge is 0.383 e. The smallest absolute Gasteiger partial charge is 0.185 e. The Bertz CT molecular complexity index is 390. The van der Waals surface area contributed by atoms with Crippen LogP contribution in [0, 0.1) is 5.92 Å². The molecule has 0 saturated carbocycles. The molecule has 0 saturated heterocycles. The van der Waals surface area contributed by atoms with Crippen molar-refractivity contribution >= 4 is 16.5 Å². The fourth-order valence-corrected chi connectivity index (χ4v) is 3.06. The summed E-state index contributed by atoms with van der Waals surface area (Å²) in [7, 11) is 3.81. The van der Waals surface area contributed by atoms with E-state index in [9.17, 15) is 0 Å². The number of nitrogens with zero attached hydrogens (tertiary/aromatic N) is 2. The van der Waals surface area contributed by atoms with Gasteiger partial charge in [0, 0.05) is 32.1 Å². The fourth-order valence-electron chi connectivity index (χ4n) is 1.89. The fraction of sp³-hybridized carbons (Fsp3) is 0.800. The Kier molecular flexibility index (Phi) is 7.48. The quantitative estimate of drug-likeness (QED) is 0.760. The van der Waals surface area contributed by atoms with Crippen LogP contribution >= 0.6 is 11.3 Å². The van der Waals surface area contributed by atoms with Crippen LogP contribution < -0.4 is 10.2 Å². The summed E-state index contributed by atoms with van der Waals surface area (Å²) in [6.07, 6.45) is 0. The SMILES string of the molecule is COCCN(C)c1nc(C(C)C)c(CNCC(C)C)s1. The van der Waals surface area contributed by atoms with E-state index in [1.165, 1.54) is 10.6 Å². The van der Waals surface area contributed by atoms with Crippen LogP contribution in [0.15, 0.2) is 0 Å². The first-order valence-corrected chi connectivity index (χ1v) is 8.17. The summed E-state index contributed by atoms with van der Waals surface area (Å²) in [5, 5.41) is 4.61. The third-order valence-electron chi connectivity index (χ3n) is 3.06. The van der Waals surface area contributed by atoms with Crippen molar-refractivity contribution in [3.8, 4) is 0 Å². The molecule has 1 aromatic rings. The third kappa shape index (κ3) is 5.38. The summed E-state index contributed by atoms with van der Waals surface area (Å²) < 4.78 is 5.13. The zero-order valence-electron chi connectivity index (χ0n) is 13.7. The Balaban J connectivity index is 2.73. The molecule has 0 radical (unpaired) electrons. The Morgan fingerprint density at radius 3 is 2.55 bits per heavy atom. The number of rotatable bonds is 9. The Hall–Kier alpha value is -0.650. The second kappa shape index (κ2) is 8.60. The normalized spacial score (nSPS) is 11.6. The zero-order chi connectivity index (χ0) is 15.1. The maximum absolute atomic E-state index is 5.13. The number of ether oxygens (including phenoxy) is 1. The lowest BCUT2D eigenvalue weighted by Gasteiger charge is -2.14. The van der Waals surface area contributed by atoms with Crippen molar-refractivity contribution in [1.82, 2.24) is 10.3 Å². The van der Waals surface area contributed by atoms with E-state index in [0.717, 1.165) is 31.4 Å². The van der Waals surface area contributed by atoms with Crippen molar-refractivity contribution in [2.45, 2.75) is 40.2 Å². The standard InChI is InChI=1S/C15H29N3OS/c1-11(2)9-16-10-13-14(12(3)4)17-15(20-13)18(5)7-8-19-6/h11-12,16H,7-10H2,1-6H3. The third-order valence-corrected chi connectivity index (χ3v) is 4.24. The van der Waals surface area contributed by atoms with Crippen molar-refractivity contribution < 1.29 is 4.74 Å². The summed E-state index contributed by atoms with van der Waals surface area (Å²) in [4.78, 5) is 8.34. The van der Waals surface area contributed by atoms with Crippen molar-refractivity contribution in [2.75, 3.05) is 38.8 Å². The van der Waals surface area contributed by atoms with Crippen LogP contribution in [0.2, 0.25) is 0 Å². The highest BCUT2D eigenvalue weighted by Crippen LogP contribution is 2.30. The van der Waals surface area contributed by atoms with E-state index in [1.54, 1.807) is 18.4 Å². The molecular formula is C15H29N3OS. The van der Waals surface area contributed by atoms with Gasteiger partial charge in [-0.1, -0.05) is 27.7 Å². The van der Waals surface area contributed by atoms with Gasteiger partial charge in [-0.2, -0.15) is 0 Å². The number of thiazole rings is 1. The number of nitrogens with one attached hydrogen (secondary N) is 1. The number of hydrogen-bond donors (Lipinski definition) is 1. The molecule has 0 unspecified atom stereocenters. The summed E-state index contributed by atoms with van der Waals surface area (Å²) in [6, 6.07) is 0. The highest BCUT2D eigenvalue weighted by Gasteiger charge is 2.16. The predicted octanol–water partition coefficient (Wildman–Crippen LogP) is 3.09. The summed E-state index contributed by atoms with van der Waals surface area (Å²) >= 11 is 1.79. The minimum atomic E-state index is 0.465. The van der Waals surface area contributed by atoms with Crippen molar-refractivity contribution in [3.05, 3.63) is 10.6 Å². The molecule has 1 heterocycles. The average Bonchev–Trinajstić information content (AvgIpc) is 2.80. The summed E-state index contributed by atoms with van der Waals surface area (Å²) in [6.45, 7) is 12.4. The van der Waals surface area contributed by atoms with Gasteiger partial charge in [0.1, 0.15) is 0 Å². The maximum atomic E-state index is 5.13. The summed E-state index contributed by atoms with van der Waals surface area (Å²) in [5.41, 5.74) is 1.23. The van der Waals surface area contributed by atoms with Crippen LogP contribution in [-0.4, -0.2) is 38.8 Å². The topological polar surface area (TPSA) is 37.4 Å². The minimum absolute atomic E-state index is 0.465. The van der Waals surface area contributed by atoms with E-state index >= 15 is 0 Å². The van der Waals surface area contributed by atoms with Gasteiger partial charge < -0.3 is 15.0 Å². The number of hydrogen-bond acceptors (Lipinski definition) is 5. The number of methoxy groups -OCH3 is 1. The van der Waals surface area contributed by atoms with E-state index in [-0.39, 0.29) is 0 Å². The molecule has 0 spiro atoms. The van der Waals surface area contributed by atoms with E-state index < -0.39 is 0 Å². The van der Waals surface area contributed by atoms with Crippen LogP contribution in [-0.2, 0) is 11.3 Å². The van der Waals surface area contributed by atoms with E-state index in [0.29, 0.717) is 11.8 Å². The molecule has 1 N–H and O–H groups in total. The van der Waals surface area contributed by atoms with Gasteiger partial charge in [-0.05, 0) is 18.4 Å². The molecule has 0 aliphatic carbocycles. The molecule has 1 rings (SSSR count). The Morgan fingerprint density at radius 2 is 2.00 bits per heavy atom. The summed E-state index contributed by atoms with van der Waals surface area (Å²) in [5.74, 6) is 1.14. The molecule has 5 heteroatoms. The van der Waals surface area contributed by atoms with Crippen LogP contribution in [0.3, 0.4) is 0 Å². The first-order valence-electron chi connectivity index (χ1n) is 7.36. The molecule has 0 aromatic carbocycles. The monoisotopic (exact) mass is 299 g/mol. The van der Waals surface area contributed by atoms with Crippen LogP contribution in [0.5, 0.6) is 0 Å². The van der Waals surface area contributed by atoms with E-state index in [1.807, 2.05) is 0 Å². The van der Waals surface area contributed by atoms with Crippen molar-refractivity contribution in [3.63, 3.8) is 0 Å². The van der Waals surface area contributed by atoms with Gasteiger partial charge in [0.05, 0.1) is 12.3 Å². The number of likely N-dealkylation sites (N-methyl/N-ethyl adjacent to an activating group) is 1. The lowest BCUT2D eigenvalue weighted by molar-refractivity contribution is 0.206. The van der Waals surface area contributed by atoms with Gasteiger partial charge in [0.15, 0.2) is 5.13 Å². The first kappa shape index (κ1) is 17.4.